The molecule has 0 fully saturated rings. The van der Waals surface area contributed by atoms with Gasteiger partial charge in [-0.2, -0.15) is 0 Å². The van der Waals surface area contributed by atoms with Crippen molar-refractivity contribution < 1.29 is 22.3 Å². The van der Waals surface area contributed by atoms with E-state index in [1.54, 1.807) is 0 Å². The summed E-state index contributed by atoms with van der Waals surface area (Å²) in [6.07, 6.45) is 1.06. The second-order valence-corrected chi connectivity index (χ2v) is 6.35. The normalized spacial score (nSPS) is 13.4. The molecule has 0 saturated carbocycles. The van der Waals surface area contributed by atoms with Gasteiger partial charge in [0.05, 0.1) is 0 Å². The van der Waals surface area contributed by atoms with E-state index in [2.05, 4.69) is 4.72 Å². The molecule has 1 rings (SSSR count). The Kier molecular flexibility index (Phi) is 5.85. The largest absolute Gasteiger partial charge is 0.399 e. The zero-order valence-electron chi connectivity index (χ0n) is 11.1. The van der Waals surface area contributed by atoms with Gasteiger partial charge in [0.1, 0.15) is 11.6 Å². The maximum Gasteiger partial charge on any atom is 0.246 e. The van der Waals surface area contributed by atoms with Crippen LogP contribution in [0, 0.1) is 17.6 Å². The van der Waals surface area contributed by atoms with Gasteiger partial charge in [0.2, 0.25) is 10.0 Å². The van der Waals surface area contributed by atoms with Crippen LogP contribution in [-0.2, 0) is 10.0 Å². The van der Waals surface area contributed by atoms with Crippen LogP contribution in [0.2, 0.25) is 0 Å². The van der Waals surface area contributed by atoms with Crippen molar-refractivity contribution in [1.82, 2.24) is 4.72 Å². The predicted octanol–water partition coefficient (Wildman–Crippen LogP) is 1.23. The molecule has 0 radical (unpaired) electrons. The highest BCUT2D eigenvalue weighted by molar-refractivity contribution is 7.89. The third kappa shape index (κ3) is 4.39. The Bertz CT molecular complexity index is 541. The van der Waals surface area contributed by atoms with E-state index in [0.717, 1.165) is 12.1 Å². The number of hydrogen-bond acceptors (Lipinski definition) is 4. The maximum atomic E-state index is 13.5. The minimum Gasteiger partial charge on any atom is -0.399 e. The van der Waals surface area contributed by atoms with Gasteiger partial charge in [0.25, 0.3) is 0 Å². The number of rotatable bonds is 7. The van der Waals surface area contributed by atoms with E-state index < -0.39 is 26.6 Å². The molecule has 0 aliphatic heterocycles. The van der Waals surface area contributed by atoms with Gasteiger partial charge in [-0.1, -0.05) is 6.92 Å². The number of nitrogens with two attached hydrogens (primary N) is 1. The molecule has 4 N–H and O–H groups in total. The van der Waals surface area contributed by atoms with Crippen molar-refractivity contribution in [3.63, 3.8) is 0 Å². The van der Waals surface area contributed by atoms with Gasteiger partial charge in [-0.05, 0) is 30.9 Å². The molecule has 0 heterocycles. The lowest BCUT2D eigenvalue weighted by molar-refractivity contribution is 0.228. The van der Waals surface area contributed by atoms with Gasteiger partial charge in [-0.15, -0.1) is 0 Å². The fourth-order valence-corrected chi connectivity index (χ4v) is 2.85. The third-order valence-corrected chi connectivity index (χ3v) is 4.28. The fourth-order valence-electron chi connectivity index (χ4n) is 1.66. The molecule has 20 heavy (non-hydrogen) atoms. The number of hydrogen-bond donors (Lipinski definition) is 3. The molecule has 0 aliphatic rings. The summed E-state index contributed by atoms with van der Waals surface area (Å²) in [6, 6.07) is 1.51. The Morgan fingerprint density at radius 1 is 1.35 bits per heavy atom. The molecule has 0 spiro atoms. The van der Waals surface area contributed by atoms with Crippen LogP contribution in [0.3, 0.4) is 0 Å². The van der Waals surface area contributed by atoms with Gasteiger partial charge in [-0.25, -0.2) is 21.9 Å². The number of aliphatic hydroxyl groups is 1. The first-order valence-electron chi connectivity index (χ1n) is 6.13. The van der Waals surface area contributed by atoms with Crippen LogP contribution in [0.25, 0.3) is 0 Å². The van der Waals surface area contributed by atoms with Gasteiger partial charge in [0.15, 0.2) is 4.90 Å². The number of anilines is 1. The average molecular weight is 308 g/mol. The summed E-state index contributed by atoms with van der Waals surface area (Å²) in [7, 11) is -4.26. The number of halogens is 2. The molecule has 0 saturated heterocycles. The summed E-state index contributed by atoms with van der Waals surface area (Å²) < 4.78 is 52.8. The molecule has 0 aromatic heterocycles. The van der Waals surface area contributed by atoms with Crippen molar-refractivity contribution >= 4 is 15.7 Å². The zero-order valence-corrected chi connectivity index (χ0v) is 11.9. The smallest absolute Gasteiger partial charge is 0.246 e. The molecule has 8 heteroatoms. The van der Waals surface area contributed by atoms with Crippen LogP contribution < -0.4 is 10.5 Å². The van der Waals surface area contributed by atoms with Crippen molar-refractivity contribution in [2.24, 2.45) is 5.92 Å². The molecule has 0 bridgehead atoms. The van der Waals surface area contributed by atoms with E-state index >= 15 is 0 Å². The second-order valence-electron chi connectivity index (χ2n) is 4.64. The first-order chi connectivity index (χ1) is 9.27. The molecule has 1 aromatic rings. The Labute approximate surface area is 116 Å². The minimum absolute atomic E-state index is 0.00791. The lowest BCUT2D eigenvalue weighted by Gasteiger charge is -2.10. The Balaban J connectivity index is 2.75. The number of benzene rings is 1. The monoisotopic (exact) mass is 308 g/mol. The van der Waals surface area contributed by atoms with Gasteiger partial charge in [-0.3, -0.25) is 0 Å². The highest BCUT2D eigenvalue weighted by Gasteiger charge is 2.24. The van der Waals surface area contributed by atoms with Crippen molar-refractivity contribution in [3.05, 3.63) is 23.8 Å². The number of nitrogens with one attached hydrogen (secondary N) is 1. The van der Waals surface area contributed by atoms with E-state index in [1.807, 2.05) is 6.92 Å². The van der Waals surface area contributed by atoms with Crippen molar-refractivity contribution in [3.8, 4) is 0 Å². The molecule has 0 amide bonds. The Morgan fingerprint density at radius 2 is 1.90 bits per heavy atom. The van der Waals surface area contributed by atoms with Crippen LogP contribution in [0.5, 0.6) is 0 Å². The van der Waals surface area contributed by atoms with Crippen LogP contribution in [0.15, 0.2) is 17.0 Å². The number of sulfonamides is 1. The SMILES string of the molecule is CC(CO)CCCNS(=O)(=O)c1c(F)cc(N)cc1F. The summed E-state index contributed by atoms with van der Waals surface area (Å²) >= 11 is 0. The van der Waals surface area contributed by atoms with Gasteiger partial charge >= 0.3 is 0 Å². The molecular formula is C12H18F2N2O3S. The van der Waals surface area contributed by atoms with E-state index in [9.17, 15) is 17.2 Å². The van der Waals surface area contributed by atoms with E-state index in [4.69, 9.17) is 10.8 Å². The highest BCUT2D eigenvalue weighted by atomic mass is 32.2. The lowest BCUT2D eigenvalue weighted by Crippen LogP contribution is -2.27. The third-order valence-electron chi connectivity index (χ3n) is 2.77. The first kappa shape index (κ1) is 16.8. The van der Waals surface area contributed by atoms with Crippen molar-refractivity contribution in [2.75, 3.05) is 18.9 Å². The minimum atomic E-state index is -4.26. The Morgan fingerprint density at radius 3 is 2.40 bits per heavy atom. The summed E-state index contributed by atoms with van der Waals surface area (Å²) in [5.74, 6) is -2.40. The first-order valence-corrected chi connectivity index (χ1v) is 7.61. The predicted molar refractivity (Wildman–Crippen MR) is 71.4 cm³/mol. The average Bonchev–Trinajstić information content (AvgIpc) is 2.32. The van der Waals surface area contributed by atoms with Crippen LogP contribution in [0.4, 0.5) is 14.5 Å². The molecule has 1 aromatic carbocycles. The fraction of sp³-hybridized carbons (Fsp3) is 0.500. The lowest BCUT2D eigenvalue weighted by atomic mass is 10.1. The molecule has 0 aliphatic carbocycles. The van der Waals surface area contributed by atoms with Crippen LogP contribution in [-0.4, -0.2) is 26.7 Å². The van der Waals surface area contributed by atoms with E-state index in [1.165, 1.54) is 0 Å². The van der Waals surface area contributed by atoms with Crippen LogP contribution in [0.1, 0.15) is 19.8 Å². The van der Waals surface area contributed by atoms with Gasteiger partial charge < -0.3 is 10.8 Å². The zero-order chi connectivity index (χ0) is 15.3. The molecule has 114 valence electrons. The molecule has 1 atom stereocenters. The van der Waals surface area contributed by atoms with E-state index in [0.29, 0.717) is 12.8 Å². The van der Waals surface area contributed by atoms with E-state index in [-0.39, 0.29) is 24.8 Å². The topological polar surface area (TPSA) is 92.4 Å². The quantitative estimate of drug-likeness (QED) is 0.522. The summed E-state index contributed by atoms with van der Waals surface area (Å²) in [6.45, 7) is 1.86. The van der Waals surface area contributed by atoms with Crippen molar-refractivity contribution in [1.29, 1.82) is 0 Å². The molecular weight excluding hydrogens is 290 g/mol. The van der Waals surface area contributed by atoms with Crippen molar-refractivity contribution in [2.45, 2.75) is 24.7 Å². The molecule has 5 nitrogen and oxygen atoms in total. The van der Waals surface area contributed by atoms with Gasteiger partial charge in [0, 0.05) is 18.8 Å². The summed E-state index contributed by atoms with van der Waals surface area (Å²) in [5, 5.41) is 8.82. The number of nitrogen functional groups attached to an aromatic ring is 1. The summed E-state index contributed by atoms with van der Waals surface area (Å²) in [5.41, 5.74) is 5.04. The van der Waals surface area contributed by atoms with Crippen LogP contribution >= 0.6 is 0 Å². The number of aliphatic hydroxyl groups excluding tert-OH is 1. The molecule has 1 unspecified atom stereocenters. The second kappa shape index (κ2) is 6.96. The Hall–Kier alpha value is -1.25. The highest BCUT2D eigenvalue weighted by Crippen LogP contribution is 2.21. The standard InChI is InChI=1S/C12H18F2N2O3S/c1-8(7-17)3-2-4-16-20(18,19)12-10(13)5-9(15)6-11(12)14/h5-6,8,16-17H,2-4,7,15H2,1H3. The summed E-state index contributed by atoms with van der Waals surface area (Å²) in [4.78, 5) is -1.03. The maximum absolute atomic E-state index is 13.5.